The molecule has 0 amide bonds. The zero-order valence-corrected chi connectivity index (χ0v) is 11.6. The summed E-state index contributed by atoms with van der Waals surface area (Å²) >= 11 is 3.28. The number of phenolic OH excluding ortho intramolecular Hbond substituents is 1. The highest BCUT2D eigenvalue weighted by Crippen LogP contribution is 2.35. The van der Waals surface area contributed by atoms with Crippen LogP contribution in [0.15, 0.2) is 16.6 Å². The summed E-state index contributed by atoms with van der Waals surface area (Å²) in [4.78, 5) is 0. The Balaban J connectivity index is 2.68. The van der Waals surface area contributed by atoms with E-state index in [0.29, 0.717) is 16.8 Å². The van der Waals surface area contributed by atoms with Crippen LogP contribution >= 0.6 is 15.9 Å². The topological polar surface area (TPSA) is 61.7 Å². The molecule has 0 aromatic heterocycles. The Hall–Kier alpha value is -0.780. The zero-order chi connectivity index (χ0) is 12.8. The van der Waals surface area contributed by atoms with E-state index in [9.17, 15) is 5.11 Å². The summed E-state index contributed by atoms with van der Waals surface area (Å²) < 4.78 is 5.69. The molecule has 0 saturated carbocycles. The molecule has 4 nitrogen and oxygen atoms in total. The van der Waals surface area contributed by atoms with Crippen LogP contribution in [0.1, 0.15) is 18.9 Å². The number of phenols is 1. The number of aromatic hydroxyl groups is 1. The summed E-state index contributed by atoms with van der Waals surface area (Å²) in [5.41, 5.74) is 1.01. The smallest absolute Gasteiger partial charge is 0.172 e. The van der Waals surface area contributed by atoms with Crippen molar-refractivity contribution in [1.29, 1.82) is 0 Å². The highest BCUT2D eigenvalue weighted by Gasteiger charge is 2.09. The molecule has 0 bridgehead atoms. The van der Waals surface area contributed by atoms with Crippen LogP contribution in [-0.4, -0.2) is 30.0 Å². The molecule has 17 heavy (non-hydrogen) atoms. The Morgan fingerprint density at radius 1 is 1.47 bits per heavy atom. The van der Waals surface area contributed by atoms with Crippen molar-refractivity contribution < 1.29 is 14.9 Å². The van der Waals surface area contributed by atoms with Gasteiger partial charge >= 0.3 is 0 Å². The molecule has 0 radical (unpaired) electrons. The van der Waals surface area contributed by atoms with Crippen LogP contribution in [-0.2, 0) is 6.54 Å². The summed E-state index contributed by atoms with van der Waals surface area (Å²) in [7, 11) is 1.52. The molecule has 96 valence electrons. The number of aliphatic hydroxyl groups is 1. The van der Waals surface area contributed by atoms with Gasteiger partial charge in [-0.2, -0.15) is 0 Å². The number of aliphatic hydroxyl groups excluding tert-OH is 1. The SMILES string of the molecule is COc1cc(CNC(C)CCO)cc(Br)c1O. The van der Waals surface area contributed by atoms with Gasteiger partial charge in [-0.3, -0.25) is 0 Å². The van der Waals surface area contributed by atoms with Gasteiger partial charge in [-0.05, 0) is 47.0 Å². The first-order chi connectivity index (χ1) is 8.08. The molecule has 3 N–H and O–H groups in total. The van der Waals surface area contributed by atoms with Gasteiger partial charge in [0.05, 0.1) is 11.6 Å². The Morgan fingerprint density at radius 3 is 2.76 bits per heavy atom. The lowest BCUT2D eigenvalue weighted by Crippen LogP contribution is -2.26. The fourth-order valence-electron chi connectivity index (χ4n) is 1.47. The van der Waals surface area contributed by atoms with Crippen LogP contribution in [0.4, 0.5) is 0 Å². The number of methoxy groups -OCH3 is 1. The third-order valence-corrected chi connectivity index (χ3v) is 3.13. The minimum atomic E-state index is 0.111. The molecule has 0 fully saturated rings. The van der Waals surface area contributed by atoms with Crippen LogP contribution < -0.4 is 10.1 Å². The van der Waals surface area contributed by atoms with Crippen LogP contribution in [0, 0.1) is 0 Å². The van der Waals surface area contributed by atoms with Gasteiger partial charge in [0.2, 0.25) is 0 Å². The van der Waals surface area contributed by atoms with Gasteiger partial charge in [0.25, 0.3) is 0 Å². The number of hydrogen-bond acceptors (Lipinski definition) is 4. The number of ether oxygens (including phenoxy) is 1. The van der Waals surface area contributed by atoms with Gasteiger partial charge in [0.15, 0.2) is 11.5 Å². The molecule has 1 unspecified atom stereocenters. The van der Waals surface area contributed by atoms with Crippen LogP contribution in [0.2, 0.25) is 0 Å². The normalized spacial score (nSPS) is 12.5. The lowest BCUT2D eigenvalue weighted by atomic mass is 10.1. The van der Waals surface area contributed by atoms with E-state index in [1.807, 2.05) is 13.0 Å². The molecule has 0 spiro atoms. The largest absolute Gasteiger partial charge is 0.503 e. The van der Waals surface area contributed by atoms with Crippen molar-refractivity contribution >= 4 is 15.9 Å². The highest BCUT2D eigenvalue weighted by molar-refractivity contribution is 9.10. The third-order valence-electron chi connectivity index (χ3n) is 2.52. The van der Waals surface area contributed by atoms with Crippen LogP contribution in [0.25, 0.3) is 0 Å². The average Bonchev–Trinajstić information content (AvgIpc) is 2.31. The first-order valence-electron chi connectivity index (χ1n) is 5.48. The van der Waals surface area contributed by atoms with Gasteiger partial charge in [-0.25, -0.2) is 0 Å². The van der Waals surface area contributed by atoms with Gasteiger partial charge in [-0.15, -0.1) is 0 Å². The van der Waals surface area contributed by atoms with E-state index in [1.165, 1.54) is 7.11 Å². The summed E-state index contributed by atoms with van der Waals surface area (Å²) in [6, 6.07) is 3.88. The van der Waals surface area contributed by atoms with E-state index in [4.69, 9.17) is 9.84 Å². The molecular formula is C12H18BrNO3. The molecular weight excluding hydrogens is 286 g/mol. The van der Waals surface area contributed by atoms with Crippen molar-refractivity contribution in [1.82, 2.24) is 5.32 Å². The van der Waals surface area contributed by atoms with E-state index in [1.54, 1.807) is 6.07 Å². The maximum atomic E-state index is 9.66. The average molecular weight is 304 g/mol. The fourth-order valence-corrected chi connectivity index (χ4v) is 1.96. The molecule has 0 aliphatic rings. The first kappa shape index (κ1) is 14.3. The van der Waals surface area contributed by atoms with Crippen LogP contribution in [0.5, 0.6) is 11.5 Å². The molecule has 1 atom stereocenters. The highest BCUT2D eigenvalue weighted by atomic mass is 79.9. The number of halogens is 1. The molecule has 1 rings (SSSR count). The second kappa shape index (κ2) is 6.83. The van der Waals surface area contributed by atoms with Gasteiger partial charge in [0, 0.05) is 19.2 Å². The lowest BCUT2D eigenvalue weighted by Gasteiger charge is -2.14. The molecule has 1 aromatic carbocycles. The van der Waals surface area contributed by atoms with E-state index < -0.39 is 0 Å². The van der Waals surface area contributed by atoms with Crippen molar-refractivity contribution in [2.75, 3.05) is 13.7 Å². The van der Waals surface area contributed by atoms with Gasteiger partial charge in [0.1, 0.15) is 0 Å². The quantitative estimate of drug-likeness (QED) is 0.752. The second-order valence-corrected chi connectivity index (χ2v) is 4.78. The predicted octanol–water partition coefficient (Wildman–Crippen LogP) is 2.02. The van der Waals surface area contributed by atoms with E-state index in [2.05, 4.69) is 21.2 Å². The van der Waals surface area contributed by atoms with Crippen molar-refractivity contribution in [3.05, 3.63) is 22.2 Å². The monoisotopic (exact) mass is 303 g/mol. The second-order valence-electron chi connectivity index (χ2n) is 3.92. The number of hydrogen-bond donors (Lipinski definition) is 3. The molecule has 0 aliphatic heterocycles. The van der Waals surface area contributed by atoms with E-state index >= 15 is 0 Å². The molecule has 1 aromatic rings. The predicted molar refractivity (Wildman–Crippen MR) is 70.4 cm³/mol. The minimum Gasteiger partial charge on any atom is -0.503 e. The summed E-state index contributed by atoms with van der Waals surface area (Å²) in [6.45, 7) is 2.86. The fraction of sp³-hybridized carbons (Fsp3) is 0.500. The maximum absolute atomic E-state index is 9.66. The summed E-state index contributed by atoms with van der Waals surface area (Å²) in [5, 5.41) is 21.7. The zero-order valence-electron chi connectivity index (χ0n) is 10.0. The molecule has 0 heterocycles. The molecule has 0 aliphatic carbocycles. The number of nitrogens with one attached hydrogen (secondary N) is 1. The Kier molecular flexibility index (Phi) is 5.74. The summed E-state index contributed by atoms with van der Waals surface area (Å²) in [6.07, 6.45) is 0.719. The minimum absolute atomic E-state index is 0.111. The van der Waals surface area contributed by atoms with Crippen LogP contribution in [0.3, 0.4) is 0 Å². The van der Waals surface area contributed by atoms with E-state index in [-0.39, 0.29) is 18.4 Å². The number of rotatable bonds is 6. The Labute approximate surface area is 110 Å². The van der Waals surface area contributed by atoms with Gasteiger partial charge < -0.3 is 20.3 Å². The summed E-state index contributed by atoms with van der Waals surface area (Å²) in [5.74, 6) is 0.561. The Morgan fingerprint density at radius 2 is 2.18 bits per heavy atom. The van der Waals surface area contributed by atoms with Gasteiger partial charge in [-0.1, -0.05) is 0 Å². The number of benzene rings is 1. The third kappa shape index (κ3) is 4.18. The standard InChI is InChI=1S/C12H18BrNO3/c1-8(3-4-15)14-7-9-5-10(13)12(16)11(6-9)17-2/h5-6,8,14-16H,3-4,7H2,1-2H3. The van der Waals surface area contributed by atoms with Crippen molar-refractivity contribution in [2.45, 2.75) is 25.9 Å². The maximum Gasteiger partial charge on any atom is 0.172 e. The Bertz CT molecular complexity index is 371. The van der Waals surface area contributed by atoms with Crippen molar-refractivity contribution in [3.8, 4) is 11.5 Å². The van der Waals surface area contributed by atoms with Crippen molar-refractivity contribution in [3.63, 3.8) is 0 Å². The van der Waals surface area contributed by atoms with Crippen molar-refractivity contribution in [2.24, 2.45) is 0 Å². The lowest BCUT2D eigenvalue weighted by molar-refractivity contribution is 0.268. The molecule has 0 saturated heterocycles. The molecule has 5 heteroatoms. The first-order valence-corrected chi connectivity index (χ1v) is 6.27. The van der Waals surface area contributed by atoms with E-state index in [0.717, 1.165) is 12.0 Å².